The largest absolute Gasteiger partial charge is 0.461 e. The number of alkyl halides is 1. The fourth-order valence-electron chi connectivity index (χ4n) is 5.82. The molecule has 282 valence electrons. The van der Waals surface area contributed by atoms with E-state index in [4.69, 9.17) is 9.47 Å². The summed E-state index contributed by atoms with van der Waals surface area (Å²) >= 11 is 2.33. The second-order valence-electron chi connectivity index (χ2n) is 14.9. The molecule has 0 N–H and O–H groups in total. The van der Waals surface area contributed by atoms with Crippen LogP contribution in [0.15, 0.2) is 24.3 Å². The number of carbonyl (C=O) groups excluding carboxylic acids is 2. The van der Waals surface area contributed by atoms with Crippen LogP contribution in [0.4, 0.5) is 0 Å². The molecule has 6 heteroatoms. The van der Waals surface area contributed by atoms with E-state index in [1.54, 1.807) is 0 Å². The second kappa shape index (κ2) is 34.6. The van der Waals surface area contributed by atoms with E-state index in [2.05, 4.69) is 81.9 Å². The normalized spacial score (nSPS) is 13.4. The number of hydrogen-bond acceptors (Lipinski definition) is 4. The molecule has 0 aliphatic carbocycles. The van der Waals surface area contributed by atoms with Crippen LogP contribution in [0.1, 0.15) is 194 Å². The van der Waals surface area contributed by atoms with E-state index >= 15 is 0 Å². The van der Waals surface area contributed by atoms with Crippen molar-refractivity contribution >= 4 is 34.5 Å². The summed E-state index contributed by atoms with van der Waals surface area (Å²) in [6, 6.07) is 0. The Morgan fingerprint density at radius 1 is 0.521 bits per heavy atom. The van der Waals surface area contributed by atoms with Gasteiger partial charge < -0.3 is 14.0 Å². The van der Waals surface area contributed by atoms with Gasteiger partial charge in [-0.15, -0.1) is 0 Å². The quantitative estimate of drug-likeness (QED) is 0.0122. The van der Waals surface area contributed by atoms with Crippen molar-refractivity contribution in [1.29, 1.82) is 0 Å². The van der Waals surface area contributed by atoms with E-state index < -0.39 is 6.10 Å². The first-order chi connectivity index (χ1) is 23.2. The molecule has 0 heterocycles. The van der Waals surface area contributed by atoms with Gasteiger partial charge in [0.15, 0.2) is 10.2 Å². The second-order valence-corrected chi connectivity index (χ2v) is 16.1. The zero-order valence-electron chi connectivity index (χ0n) is 32.4. The van der Waals surface area contributed by atoms with Gasteiger partial charge in [0, 0.05) is 12.8 Å². The zero-order valence-corrected chi connectivity index (χ0v) is 34.6. The third kappa shape index (κ3) is 32.3. The molecule has 0 saturated carbocycles. The van der Waals surface area contributed by atoms with Crippen molar-refractivity contribution in [3.05, 3.63) is 24.3 Å². The lowest BCUT2D eigenvalue weighted by molar-refractivity contribution is -0.879. The third-order valence-corrected chi connectivity index (χ3v) is 11.5. The highest BCUT2D eigenvalue weighted by Gasteiger charge is 2.34. The lowest BCUT2D eigenvalue weighted by Crippen LogP contribution is -2.51. The average Bonchev–Trinajstić information content (AvgIpc) is 3.05. The molecule has 0 fully saturated rings. The van der Waals surface area contributed by atoms with Crippen LogP contribution < -0.4 is 0 Å². The average molecular weight is 789 g/mol. The molecule has 0 bridgehead atoms. The number of esters is 2. The summed E-state index contributed by atoms with van der Waals surface area (Å²) in [7, 11) is 6.24. The highest BCUT2D eigenvalue weighted by Crippen LogP contribution is 2.21. The van der Waals surface area contributed by atoms with E-state index in [-0.39, 0.29) is 22.6 Å². The third-order valence-electron chi connectivity index (χ3n) is 9.02. The zero-order chi connectivity index (χ0) is 35.6. The van der Waals surface area contributed by atoms with E-state index in [1.165, 1.54) is 122 Å². The predicted molar refractivity (Wildman–Crippen MR) is 216 cm³/mol. The Morgan fingerprint density at radius 3 is 1.23 bits per heavy atom. The molecule has 0 rings (SSSR count). The number of hydrogen-bond donors (Lipinski definition) is 0. The van der Waals surface area contributed by atoms with Crippen molar-refractivity contribution in [3.63, 3.8) is 0 Å². The van der Waals surface area contributed by atoms with E-state index in [1.807, 2.05) is 0 Å². The summed E-state index contributed by atoms with van der Waals surface area (Å²) in [6.07, 6.45) is 41.9. The molecule has 0 saturated heterocycles. The van der Waals surface area contributed by atoms with Crippen LogP contribution in [0.5, 0.6) is 0 Å². The monoisotopic (exact) mass is 789 g/mol. The van der Waals surface area contributed by atoms with Crippen LogP contribution >= 0.6 is 22.6 Å². The molecular weight excluding hydrogens is 709 g/mol. The summed E-state index contributed by atoms with van der Waals surface area (Å²) < 4.78 is 12.1. The molecule has 2 unspecified atom stereocenters. The number of rotatable bonds is 35. The van der Waals surface area contributed by atoms with Gasteiger partial charge in [-0.2, -0.15) is 0 Å². The van der Waals surface area contributed by atoms with Crippen molar-refractivity contribution in [2.75, 3.05) is 27.7 Å². The van der Waals surface area contributed by atoms with Gasteiger partial charge in [0.1, 0.15) is 6.61 Å². The van der Waals surface area contributed by atoms with E-state index in [0.29, 0.717) is 17.3 Å². The molecule has 0 aromatic heterocycles. The van der Waals surface area contributed by atoms with Crippen LogP contribution in [0.2, 0.25) is 0 Å². The number of carbonyl (C=O) groups is 2. The fourth-order valence-corrected chi connectivity index (χ4v) is 6.18. The van der Waals surface area contributed by atoms with Crippen LogP contribution in [0, 0.1) is 0 Å². The Balaban J connectivity index is 4.02. The van der Waals surface area contributed by atoms with E-state index in [9.17, 15) is 9.59 Å². The first-order valence-corrected chi connectivity index (χ1v) is 21.6. The maximum absolute atomic E-state index is 12.7. The summed E-state index contributed by atoms with van der Waals surface area (Å²) in [5, 5.41) is 0. The van der Waals surface area contributed by atoms with Crippen molar-refractivity contribution in [2.45, 2.75) is 204 Å². The van der Waals surface area contributed by atoms with Gasteiger partial charge >= 0.3 is 11.9 Å². The van der Waals surface area contributed by atoms with Gasteiger partial charge in [0.25, 0.3) is 0 Å². The van der Waals surface area contributed by atoms with Gasteiger partial charge in [-0.1, -0.05) is 141 Å². The van der Waals surface area contributed by atoms with Gasteiger partial charge in [-0.3, -0.25) is 9.59 Å². The number of nitrogens with zero attached hydrogens (tertiary/aromatic N) is 1. The smallest absolute Gasteiger partial charge is 0.306 e. The Bertz CT molecular complexity index is 791. The maximum Gasteiger partial charge on any atom is 0.306 e. The van der Waals surface area contributed by atoms with Crippen LogP contribution in [-0.4, -0.2) is 54.3 Å². The topological polar surface area (TPSA) is 52.6 Å². The van der Waals surface area contributed by atoms with Crippen molar-refractivity contribution in [1.82, 2.24) is 0 Å². The van der Waals surface area contributed by atoms with Crippen molar-refractivity contribution < 1.29 is 23.5 Å². The first kappa shape index (κ1) is 47.1. The summed E-state index contributed by atoms with van der Waals surface area (Å²) in [5.41, 5.74) is 0. The van der Waals surface area contributed by atoms with E-state index in [0.717, 1.165) is 44.9 Å². The molecule has 0 amide bonds. The highest BCUT2D eigenvalue weighted by atomic mass is 127. The minimum Gasteiger partial charge on any atom is -0.461 e. The Morgan fingerprint density at radius 2 is 0.854 bits per heavy atom. The van der Waals surface area contributed by atoms with Crippen LogP contribution in [0.3, 0.4) is 0 Å². The van der Waals surface area contributed by atoms with Crippen LogP contribution in [0.25, 0.3) is 0 Å². The Hall–Kier alpha value is -0.890. The SMILES string of the molecule is CCCCCCCC/C=C\CCCCCCCC(=O)OCC(OC(=O)CCCCCCC/C=C\CCCCCCCC)C(I)[N+](C)(C)C. The van der Waals surface area contributed by atoms with Gasteiger partial charge in [-0.25, -0.2) is 0 Å². The minimum absolute atomic E-state index is 0.00620. The lowest BCUT2D eigenvalue weighted by atomic mass is 10.1. The Kier molecular flexibility index (Phi) is 33.9. The van der Waals surface area contributed by atoms with Crippen molar-refractivity contribution in [2.24, 2.45) is 0 Å². The minimum atomic E-state index is -0.445. The molecule has 0 aliphatic rings. The van der Waals surface area contributed by atoms with Gasteiger partial charge in [0.2, 0.25) is 0 Å². The van der Waals surface area contributed by atoms with Crippen LogP contribution in [-0.2, 0) is 19.1 Å². The summed E-state index contributed by atoms with van der Waals surface area (Å²) in [5.74, 6) is -0.364. The molecule has 0 aliphatic heterocycles. The lowest BCUT2D eigenvalue weighted by Gasteiger charge is -2.34. The molecule has 2 atom stereocenters. The molecule has 0 aromatic carbocycles. The number of likely N-dealkylation sites (N-methyl/N-ethyl adjacent to an activating group) is 1. The summed E-state index contributed by atoms with van der Waals surface area (Å²) in [6.45, 7) is 4.66. The van der Waals surface area contributed by atoms with Gasteiger partial charge in [0.05, 0.1) is 21.1 Å². The molecule has 5 nitrogen and oxygen atoms in total. The number of ether oxygens (including phenoxy) is 2. The fraction of sp³-hybridized carbons (Fsp3) is 0.857. The maximum atomic E-state index is 12.7. The molecular formula is C42H79INO4+. The number of halogens is 1. The van der Waals surface area contributed by atoms with Crippen molar-refractivity contribution in [3.8, 4) is 0 Å². The standard InChI is InChI=1S/C42H79INO4/c1-6-8-10-12-14-16-18-20-22-24-26-28-30-32-34-36-40(45)47-38-39(42(43)44(3,4)5)48-41(46)37-35-33-31-29-27-25-23-21-19-17-15-13-11-9-7-2/h20-23,39,42H,6-19,24-38H2,1-5H3/q+1/b22-20-,23-21-. The highest BCUT2D eigenvalue weighted by molar-refractivity contribution is 14.1. The molecule has 48 heavy (non-hydrogen) atoms. The number of allylic oxidation sites excluding steroid dienone is 4. The Labute approximate surface area is 312 Å². The summed E-state index contributed by atoms with van der Waals surface area (Å²) in [4.78, 5) is 25.2. The molecule has 0 aromatic rings. The predicted octanol–water partition coefficient (Wildman–Crippen LogP) is 13.0. The molecule has 0 radical (unpaired) electrons. The number of unbranched alkanes of at least 4 members (excludes halogenated alkanes) is 22. The van der Waals surface area contributed by atoms with Gasteiger partial charge in [-0.05, 0) is 86.8 Å². The first-order valence-electron chi connectivity index (χ1n) is 20.3. The molecule has 0 spiro atoms. The number of quaternary nitrogens is 1.